The van der Waals surface area contributed by atoms with E-state index in [9.17, 15) is 9.59 Å². The molecule has 1 N–H and O–H groups in total. The minimum absolute atomic E-state index is 0.270. The molecule has 132 valence electrons. The molecule has 2 saturated heterocycles. The molecular formula is C16H28N2O5. The van der Waals surface area contributed by atoms with Gasteiger partial charge in [0.1, 0.15) is 11.6 Å². The summed E-state index contributed by atoms with van der Waals surface area (Å²) < 4.78 is 16.4. The molecule has 2 aliphatic heterocycles. The SMILES string of the molecule is CCOC(=O)[C@H]1COC2(CCN(C(=O)OC(C)(C)C)CC2)CN1. The van der Waals surface area contributed by atoms with Crippen LogP contribution in [0.4, 0.5) is 4.79 Å². The van der Waals surface area contributed by atoms with Gasteiger partial charge < -0.3 is 19.1 Å². The number of esters is 1. The van der Waals surface area contributed by atoms with Gasteiger partial charge in [-0.2, -0.15) is 0 Å². The molecule has 0 aromatic carbocycles. The summed E-state index contributed by atoms with van der Waals surface area (Å²) in [5, 5.41) is 3.21. The summed E-state index contributed by atoms with van der Waals surface area (Å²) in [5.74, 6) is -0.270. The lowest BCUT2D eigenvalue weighted by molar-refractivity contribution is -0.158. The predicted molar refractivity (Wildman–Crippen MR) is 84.1 cm³/mol. The molecule has 2 fully saturated rings. The molecular weight excluding hydrogens is 300 g/mol. The van der Waals surface area contributed by atoms with Crippen molar-refractivity contribution >= 4 is 12.1 Å². The highest BCUT2D eigenvalue weighted by atomic mass is 16.6. The minimum Gasteiger partial charge on any atom is -0.465 e. The maximum absolute atomic E-state index is 12.1. The fraction of sp³-hybridized carbons (Fsp3) is 0.875. The zero-order chi connectivity index (χ0) is 17.1. The van der Waals surface area contributed by atoms with Crippen LogP contribution in [0.5, 0.6) is 0 Å². The van der Waals surface area contributed by atoms with Gasteiger partial charge in [-0.1, -0.05) is 0 Å². The number of piperidine rings is 1. The van der Waals surface area contributed by atoms with Crippen molar-refractivity contribution < 1.29 is 23.8 Å². The Hall–Kier alpha value is -1.34. The van der Waals surface area contributed by atoms with Crippen molar-refractivity contribution in [2.75, 3.05) is 32.8 Å². The number of nitrogens with one attached hydrogen (secondary N) is 1. The largest absolute Gasteiger partial charge is 0.465 e. The number of rotatable bonds is 2. The monoisotopic (exact) mass is 328 g/mol. The molecule has 0 bridgehead atoms. The van der Waals surface area contributed by atoms with Crippen LogP contribution in [0.25, 0.3) is 0 Å². The summed E-state index contributed by atoms with van der Waals surface area (Å²) in [4.78, 5) is 25.5. The quantitative estimate of drug-likeness (QED) is 0.770. The molecule has 2 rings (SSSR count). The van der Waals surface area contributed by atoms with Gasteiger partial charge in [-0.25, -0.2) is 4.79 Å². The lowest BCUT2D eigenvalue weighted by atomic mass is 9.89. The maximum atomic E-state index is 12.1. The number of hydrogen-bond donors (Lipinski definition) is 1. The number of morpholine rings is 1. The molecule has 0 radical (unpaired) electrons. The first-order valence-electron chi connectivity index (χ1n) is 8.27. The van der Waals surface area contributed by atoms with Crippen LogP contribution >= 0.6 is 0 Å². The molecule has 1 spiro atoms. The summed E-state index contributed by atoms with van der Waals surface area (Å²) in [6.07, 6.45) is 1.18. The first-order chi connectivity index (χ1) is 10.7. The Balaban J connectivity index is 1.81. The molecule has 23 heavy (non-hydrogen) atoms. The molecule has 7 nitrogen and oxygen atoms in total. The Morgan fingerprint density at radius 1 is 1.30 bits per heavy atom. The Kier molecular flexibility index (Phi) is 5.52. The van der Waals surface area contributed by atoms with E-state index in [0.29, 0.717) is 32.8 Å². The molecule has 0 aromatic heterocycles. The summed E-state index contributed by atoms with van der Waals surface area (Å²) in [5.41, 5.74) is -0.788. The van der Waals surface area contributed by atoms with E-state index in [-0.39, 0.29) is 17.7 Å². The summed E-state index contributed by atoms with van der Waals surface area (Å²) in [6.45, 7) is 9.84. The summed E-state index contributed by atoms with van der Waals surface area (Å²) in [7, 11) is 0. The number of hydrogen-bond acceptors (Lipinski definition) is 6. The highest BCUT2D eigenvalue weighted by Crippen LogP contribution is 2.29. The Bertz CT molecular complexity index is 428. The van der Waals surface area contributed by atoms with Crippen molar-refractivity contribution in [3.8, 4) is 0 Å². The lowest BCUT2D eigenvalue weighted by Gasteiger charge is -2.45. The van der Waals surface area contributed by atoms with Crippen LogP contribution in [-0.4, -0.2) is 67.1 Å². The number of likely N-dealkylation sites (tertiary alicyclic amines) is 1. The lowest BCUT2D eigenvalue weighted by Crippen LogP contribution is -2.61. The van der Waals surface area contributed by atoms with Gasteiger partial charge in [-0.15, -0.1) is 0 Å². The summed E-state index contributed by atoms with van der Waals surface area (Å²) in [6, 6.07) is -0.399. The van der Waals surface area contributed by atoms with Gasteiger partial charge in [-0.05, 0) is 40.5 Å². The molecule has 2 aliphatic rings. The van der Waals surface area contributed by atoms with Crippen molar-refractivity contribution in [3.63, 3.8) is 0 Å². The molecule has 0 saturated carbocycles. The van der Waals surface area contributed by atoms with Crippen LogP contribution in [0, 0.1) is 0 Å². The van der Waals surface area contributed by atoms with Gasteiger partial charge in [0.25, 0.3) is 0 Å². The number of ether oxygens (including phenoxy) is 3. The standard InChI is InChI=1S/C16H28N2O5/c1-5-21-13(19)12-10-22-16(11-17-12)6-8-18(9-7-16)14(20)23-15(2,3)4/h12,17H,5-11H2,1-4H3/t12-/m1/s1. The highest BCUT2D eigenvalue weighted by Gasteiger charge is 2.42. The van der Waals surface area contributed by atoms with E-state index in [4.69, 9.17) is 14.2 Å². The average molecular weight is 328 g/mol. The predicted octanol–water partition coefficient (Wildman–Crippen LogP) is 1.31. The third kappa shape index (κ3) is 4.81. The van der Waals surface area contributed by atoms with Crippen molar-refractivity contribution in [3.05, 3.63) is 0 Å². The van der Waals surface area contributed by atoms with Crippen molar-refractivity contribution in [2.24, 2.45) is 0 Å². The third-order valence-corrected chi connectivity index (χ3v) is 4.12. The van der Waals surface area contributed by atoms with Crippen molar-refractivity contribution in [2.45, 2.75) is 57.8 Å². The first-order valence-corrected chi connectivity index (χ1v) is 8.27. The van der Waals surface area contributed by atoms with Crippen LogP contribution in [0.3, 0.4) is 0 Å². The average Bonchev–Trinajstić information content (AvgIpc) is 2.47. The van der Waals surface area contributed by atoms with E-state index >= 15 is 0 Å². The molecule has 7 heteroatoms. The van der Waals surface area contributed by atoms with Gasteiger partial charge in [0, 0.05) is 19.6 Å². The molecule has 0 unspecified atom stereocenters. The van der Waals surface area contributed by atoms with Crippen LogP contribution in [0.15, 0.2) is 0 Å². The van der Waals surface area contributed by atoms with E-state index in [2.05, 4.69) is 5.32 Å². The fourth-order valence-corrected chi connectivity index (χ4v) is 2.82. The molecule has 0 aromatic rings. The Morgan fingerprint density at radius 2 is 1.96 bits per heavy atom. The Morgan fingerprint density at radius 3 is 2.43 bits per heavy atom. The van der Waals surface area contributed by atoms with Crippen LogP contribution in [0.1, 0.15) is 40.5 Å². The second-order valence-electron chi connectivity index (χ2n) is 7.15. The molecule has 2 heterocycles. The number of nitrogens with zero attached hydrogens (tertiary/aromatic N) is 1. The van der Waals surface area contributed by atoms with E-state index in [1.54, 1.807) is 11.8 Å². The van der Waals surface area contributed by atoms with Gasteiger partial charge in [0.2, 0.25) is 0 Å². The van der Waals surface area contributed by atoms with E-state index in [1.807, 2.05) is 20.8 Å². The normalized spacial score (nSPS) is 24.3. The first kappa shape index (κ1) is 18.0. The molecule has 1 amide bonds. The molecule has 1 atom stereocenters. The van der Waals surface area contributed by atoms with E-state index in [0.717, 1.165) is 12.8 Å². The van der Waals surface area contributed by atoms with Gasteiger partial charge in [0.15, 0.2) is 0 Å². The number of carbonyl (C=O) groups excluding carboxylic acids is 2. The topological polar surface area (TPSA) is 77.1 Å². The molecule has 0 aliphatic carbocycles. The fourth-order valence-electron chi connectivity index (χ4n) is 2.82. The van der Waals surface area contributed by atoms with Crippen LogP contribution < -0.4 is 5.32 Å². The second kappa shape index (κ2) is 7.05. The van der Waals surface area contributed by atoms with Gasteiger partial charge >= 0.3 is 12.1 Å². The van der Waals surface area contributed by atoms with Gasteiger partial charge in [0.05, 0.1) is 18.8 Å². The van der Waals surface area contributed by atoms with Crippen LogP contribution in [0.2, 0.25) is 0 Å². The summed E-state index contributed by atoms with van der Waals surface area (Å²) >= 11 is 0. The Labute approximate surface area is 137 Å². The van der Waals surface area contributed by atoms with E-state index in [1.165, 1.54) is 0 Å². The van der Waals surface area contributed by atoms with Crippen LogP contribution in [-0.2, 0) is 19.0 Å². The van der Waals surface area contributed by atoms with Crippen molar-refractivity contribution in [1.29, 1.82) is 0 Å². The smallest absolute Gasteiger partial charge is 0.410 e. The number of amides is 1. The van der Waals surface area contributed by atoms with Crippen molar-refractivity contribution in [1.82, 2.24) is 10.2 Å². The minimum atomic E-state index is -0.484. The zero-order valence-corrected chi connectivity index (χ0v) is 14.5. The third-order valence-electron chi connectivity index (χ3n) is 4.12. The second-order valence-corrected chi connectivity index (χ2v) is 7.15. The highest BCUT2D eigenvalue weighted by molar-refractivity contribution is 5.76. The number of carbonyl (C=O) groups is 2. The zero-order valence-electron chi connectivity index (χ0n) is 14.5. The maximum Gasteiger partial charge on any atom is 0.410 e. The van der Waals surface area contributed by atoms with Gasteiger partial charge in [-0.3, -0.25) is 10.1 Å². The van der Waals surface area contributed by atoms with E-state index < -0.39 is 11.6 Å².